The molecule has 1 aromatic carbocycles. The molecule has 1 fully saturated rings. The van der Waals surface area contributed by atoms with Gasteiger partial charge in [0.2, 0.25) is 10.0 Å². The van der Waals surface area contributed by atoms with Gasteiger partial charge in [-0.2, -0.15) is 11.8 Å². The molecular weight excluding hydrogens is 384 g/mol. The molecule has 152 valence electrons. The van der Waals surface area contributed by atoms with Gasteiger partial charge in [-0.05, 0) is 25.0 Å². The van der Waals surface area contributed by atoms with E-state index in [9.17, 15) is 8.42 Å². The maximum absolute atomic E-state index is 12.4. The fourth-order valence-corrected chi connectivity index (χ4v) is 5.38. The predicted octanol–water partition coefficient (Wildman–Crippen LogP) is 1.09. The molecule has 0 amide bonds. The highest BCUT2D eigenvalue weighted by Crippen LogP contribution is 2.19. The van der Waals surface area contributed by atoms with Gasteiger partial charge < -0.3 is 15.4 Å². The summed E-state index contributed by atoms with van der Waals surface area (Å²) < 4.78 is 31.7. The van der Waals surface area contributed by atoms with Gasteiger partial charge in [0.05, 0.1) is 12.9 Å². The number of ether oxygens (including phenoxy) is 1. The first kappa shape index (κ1) is 21.8. The van der Waals surface area contributed by atoms with Crippen LogP contribution in [0, 0.1) is 6.92 Å². The number of rotatable bonds is 8. The molecule has 0 aromatic heterocycles. The van der Waals surface area contributed by atoms with Crippen molar-refractivity contribution < 1.29 is 13.2 Å². The lowest BCUT2D eigenvalue weighted by Gasteiger charge is -2.25. The Balaban J connectivity index is 1.77. The van der Waals surface area contributed by atoms with Crippen molar-refractivity contribution in [3.63, 3.8) is 0 Å². The van der Waals surface area contributed by atoms with Gasteiger partial charge in [0.15, 0.2) is 5.96 Å². The van der Waals surface area contributed by atoms with E-state index in [1.807, 2.05) is 12.1 Å². The van der Waals surface area contributed by atoms with Crippen molar-refractivity contribution >= 4 is 27.7 Å². The number of aryl methyl sites for hydroxylation is 1. The van der Waals surface area contributed by atoms with Crippen LogP contribution in [0.1, 0.15) is 11.1 Å². The molecule has 0 aliphatic carbocycles. The van der Waals surface area contributed by atoms with Gasteiger partial charge in [-0.15, -0.1) is 0 Å². The molecule has 0 atom stereocenters. The normalized spacial score (nSPS) is 16.2. The van der Waals surface area contributed by atoms with Crippen LogP contribution < -0.4 is 15.4 Å². The highest BCUT2D eigenvalue weighted by atomic mass is 32.2. The van der Waals surface area contributed by atoms with Crippen LogP contribution in [0.2, 0.25) is 0 Å². The number of aliphatic imine (C=N–C) groups is 1. The lowest BCUT2D eigenvalue weighted by molar-refractivity contribution is 0.409. The second-order valence-corrected chi connectivity index (χ2v) is 9.63. The minimum atomic E-state index is -3.21. The van der Waals surface area contributed by atoms with Gasteiger partial charge in [0, 0.05) is 44.7 Å². The summed E-state index contributed by atoms with van der Waals surface area (Å²) in [5, 5.41) is 6.31. The zero-order valence-corrected chi connectivity index (χ0v) is 18.0. The molecule has 1 aliphatic heterocycles. The van der Waals surface area contributed by atoms with E-state index in [0.29, 0.717) is 32.1 Å². The molecular formula is C18H30N4O3S2. The molecule has 1 aliphatic rings. The predicted molar refractivity (Wildman–Crippen MR) is 113 cm³/mol. The summed E-state index contributed by atoms with van der Waals surface area (Å²) in [7, 11) is 0.143. The molecule has 0 saturated carbocycles. The minimum absolute atomic E-state index is 0.0735. The third kappa shape index (κ3) is 6.90. The Morgan fingerprint density at radius 2 is 1.96 bits per heavy atom. The monoisotopic (exact) mass is 414 g/mol. The van der Waals surface area contributed by atoms with Crippen LogP contribution >= 0.6 is 11.8 Å². The number of thioether (sulfide) groups is 1. The summed E-state index contributed by atoms with van der Waals surface area (Å²) in [5.74, 6) is 3.29. The number of hydrogen-bond donors (Lipinski definition) is 2. The summed E-state index contributed by atoms with van der Waals surface area (Å²) in [4.78, 5) is 4.16. The van der Waals surface area contributed by atoms with Gasteiger partial charge in [0.1, 0.15) is 5.75 Å². The number of methoxy groups -OCH3 is 1. The molecule has 27 heavy (non-hydrogen) atoms. The first-order chi connectivity index (χ1) is 13.0. The Hall–Kier alpha value is -1.45. The van der Waals surface area contributed by atoms with Crippen LogP contribution in [0.5, 0.6) is 5.75 Å². The molecule has 0 radical (unpaired) electrons. The van der Waals surface area contributed by atoms with Gasteiger partial charge >= 0.3 is 0 Å². The summed E-state index contributed by atoms with van der Waals surface area (Å²) in [6, 6.07) is 6.11. The van der Waals surface area contributed by atoms with Crippen molar-refractivity contribution in [3.8, 4) is 5.75 Å². The lowest BCUT2D eigenvalue weighted by atomic mass is 10.1. The quantitative estimate of drug-likeness (QED) is 0.489. The van der Waals surface area contributed by atoms with E-state index in [1.54, 1.807) is 30.2 Å². The molecule has 0 bridgehead atoms. The molecule has 1 saturated heterocycles. The molecule has 1 aromatic rings. The van der Waals surface area contributed by atoms with E-state index in [4.69, 9.17) is 4.74 Å². The second-order valence-electron chi connectivity index (χ2n) is 6.32. The Morgan fingerprint density at radius 1 is 1.26 bits per heavy atom. The summed E-state index contributed by atoms with van der Waals surface area (Å²) >= 11 is 1.80. The minimum Gasteiger partial charge on any atom is -0.496 e. The number of nitrogens with zero attached hydrogens (tertiary/aromatic N) is 2. The van der Waals surface area contributed by atoms with E-state index < -0.39 is 10.0 Å². The third-order valence-electron chi connectivity index (χ3n) is 4.36. The van der Waals surface area contributed by atoms with Crippen molar-refractivity contribution in [1.29, 1.82) is 0 Å². The first-order valence-corrected chi connectivity index (χ1v) is 11.9. The molecule has 7 nitrogen and oxygen atoms in total. The summed E-state index contributed by atoms with van der Waals surface area (Å²) in [6.07, 6.45) is 0.787. The van der Waals surface area contributed by atoms with Crippen LogP contribution in [0.15, 0.2) is 23.2 Å². The highest BCUT2D eigenvalue weighted by Gasteiger charge is 2.23. The van der Waals surface area contributed by atoms with E-state index in [2.05, 4.69) is 28.6 Å². The van der Waals surface area contributed by atoms with Gasteiger partial charge in [0.25, 0.3) is 0 Å². The van der Waals surface area contributed by atoms with E-state index in [0.717, 1.165) is 29.2 Å². The van der Waals surface area contributed by atoms with Crippen molar-refractivity contribution in [1.82, 2.24) is 14.9 Å². The molecule has 0 spiro atoms. The van der Waals surface area contributed by atoms with Crippen LogP contribution in [-0.2, 0) is 16.4 Å². The van der Waals surface area contributed by atoms with E-state index >= 15 is 0 Å². The van der Waals surface area contributed by atoms with Gasteiger partial charge in [-0.3, -0.25) is 4.99 Å². The smallest absolute Gasteiger partial charge is 0.215 e. The van der Waals surface area contributed by atoms with Gasteiger partial charge in [-0.25, -0.2) is 12.7 Å². The van der Waals surface area contributed by atoms with E-state index in [-0.39, 0.29) is 5.75 Å². The number of benzene rings is 1. The average molecular weight is 415 g/mol. The lowest BCUT2D eigenvalue weighted by Crippen LogP contribution is -2.44. The fraction of sp³-hybridized carbons (Fsp3) is 0.611. The number of nitrogens with one attached hydrogen (secondary N) is 2. The number of sulfonamides is 1. The van der Waals surface area contributed by atoms with Crippen molar-refractivity contribution in [2.24, 2.45) is 4.99 Å². The number of hydrogen-bond acceptors (Lipinski definition) is 5. The third-order valence-corrected chi connectivity index (χ3v) is 7.18. The fourth-order valence-electron chi connectivity index (χ4n) is 2.89. The van der Waals surface area contributed by atoms with Crippen molar-refractivity contribution in [3.05, 3.63) is 29.3 Å². The molecule has 0 unspecified atom stereocenters. The molecule has 1 heterocycles. The maximum atomic E-state index is 12.4. The molecule has 2 rings (SSSR count). The first-order valence-electron chi connectivity index (χ1n) is 9.10. The van der Waals surface area contributed by atoms with Crippen LogP contribution in [0.4, 0.5) is 0 Å². The topological polar surface area (TPSA) is 83.0 Å². The Labute approximate surface area is 167 Å². The standard InChI is InChI=1S/C18H30N4O3S2/c1-15-4-5-17(25-3)16(14-15)6-7-20-18(19-2)21-8-13-27(23,24)22-9-11-26-12-10-22/h4-5,14H,6-13H2,1-3H3,(H2,19,20,21). The van der Waals surface area contributed by atoms with Crippen LogP contribution in [-0.4, -0.2) is 76.3 Å². The van der Waals surface area contributed by atoms with Gasteiger partial charge in [-0.1, -0.05) is 17.7 Å². The average Bonchev–Trinajstić information content (AvgIpc) is 2.67. The molecule has 9 heteroatoms. The van der Waals surface area contributed by atoms with E-state index in [1.165, 1.54) is 5.56 Å². The zero-order valence-electron chi connectivity index (χ0n) is 16.3. The second kappa shape index (κ2) is 10.8. The van der Waals surface area contributed by atoms with Crippen LogP contribution in [0.25, 0.3) is 0 Å². The largest absolute Gasteiger partial charge is 0.496 e. The Bertz CT molecular complexity index is 732. The summed E-state index contributed by atoms with van der Waals surface area (Å²) in [5.41, 5.74) is 2.32. The Kier molecular flexibility index (Phi) is 8.72. The Morgan fingerprint density at radius 3 is 2.63 bits per heavy atom. The zero-order chi connectivity index (χ0) is 19.7. The van der Waals surface area contributed by atoms with Crippen molar-refractivity contribution in [2.75, 3.05) is 57.6 Å². The van der Waals surface area contributed by atoms with Crippen LogP contribution in [0.3, 0.4) is 0 Å². The van der Waals surface area contributed by atoms with Crippen molar-refractivity contribution in [2.45, 2.75) is 13.3 Å². The number of guanidine groups is 1. The SMILES string of the molecule is CN=C(NCCc1cc(C)ccc1OC)NCCS(=O)(=O)N1CCSCC1. The molecule has 2 N–H and O–H groups in total. The maximum Gasteiger partial charge on any atom is 0.215 e. The summed E-state index contributed by atoms with van der Waals surface area (Å²) in [6.45, 7) is 4.28. The highest BCUT2D eigenvalue weighted by molar-refractivity contribution is 7.99.